The summed E-state index contributed by atoms with van der Waals surface area (Å²) in [6, 6.07) is 21.7. The second-order valence-corrected chi connectivity index (χ2v) is 6.20. The van der Waals surface area contributed by atoms with Crippen LogP contribution in [0.25, 0.3) is 10.8 Å². The largest absolute Gasteiger partial charge is 0.452 e. The Labute approximate surface area is 162 Å². The maximum Gasteiger partial charge on any atom is 0.339 e. The summed E-state index contributed by atoms with van der Waals surface area (Å²) in [5, 5.41) is 1.67. The van der Waals surface area contributed by atoms with Crippen LogP contribution < -0.4 is 10.6 Å². The van der Waals surface area contributed by atoms with Crippen molar-refractivity contribution in [3.05, 3.63) is 78.4 Å². The van der Waals surface area contributed by atoms with Gasteiger partial charge in [-0.1, -0.05) is 54.6 Å². The highest BCUT2D eigenvalue weighted by molar-refractivity contribution is 6.05. The highest BCUT2D eigenvalue weighted by Gasteiger charge is 2.19. The van der Waals surface area contributed by atoms with Crippen LogP contribution in [0.3, 0.4) is 0 Å². The normalized spacial score (nSPS) is 10.4. The second-order valence-electron chi connectivity index (χ2n) is 6.20. The minimum atomic E-state index is -0.576. The summed E-state index contributed by atoms with van der Waals surface area (Å²) < 4.78 is 5.26. The molecule has 0 spiro atoms. The van der Waals surface area contributed by atoms with E-state index in [-0.39, 0.29) is 13.0 Å². The van der Waals surface area contributed by atoms with E-state index in [9.17, 15) is 14.4 Å². The molecule has 0 bridgehead atoms. The first-order chi connectivity index (χ1) is 13.6. The van der Waals surface area contributed by atoms with E-state index >= 15 is 0 Å². The minimum absolute atomic E-state index is 0.0118. The van der Waals surface area contributed by atoms with Crippen LogP contribution >= 0.6 is 0 Å². The molecule has 0 atom stereocenters. The number of carbonyl (C=O) groups excluding carboxylic acids is 3. The van der Waals surface area contributed by atoms with Crippen LogP contribution in [0.4, 0.5) is 5.69 Å². The predicted molar refractivity (Wildman–Crippen MR) is 107 cm³/mol. The number of rotatable bonds is 7. The molecule has 0 saturated heterocycles. The Kier molecular flexibility index (Phi) is 6.01. The molecule has 0 aliphatic heterocycles. The van der Waals surface area contributed by atoms with Crippen molar-refractivity contribution in [3.63, 3.8) is 0 Å². The third-order valence-corrected chi connectivity index (χ3v) is 4.29. The van der Waals surface area contributed by atoms with Crippen molar-refractivity contribution >= 4 is 34.2 Å². The first kappa shape index (κ1) is 19.1. The van der Waals surface area contributed by atoms with Gasteiger partial charge < -0.3 is 15.4 Å². The third kappa shape index (κ3) is 4.54. The number of esters is 1. The topological polar surface area (TPSA) is 89.7 Å². The van der Waals surface area contributed by atoms with E-state index in [1.54, 1.807) is 36.4 Å². The van der Waals surface area contributed by atoms with Crippen molar-refractivity contribution in [2.45, 2.75) is 6.42 Å². The number of primary amides is 1. The molecule has 3 aromatic rings. The van der Waals surface area contributed by atoms with Crippen LogP contribution in [-0.4, -0.2) is 30.9 Å². The number of nitrogens with two attached hydrogens (primary N) is 1. The Morgan fingerprint density at radius 1 is 0.857 bits per heavy atom. The lowest BCUT2D eigenvalue weighted by Crippen LogP contribution is -2.37. The van der Waals surface area contributed by atoms with Crippen molar-refractivity contribution < 1.29 is 19.1 Å². The molecule has 0 aliphatic carbocycles. The highest BCUT2D eigenvalue weighted by atomic mass is 16.5. The molecule has 3 aromatic carbocycles. The molecule has 0 aromatic heterocycles. The number of para-hydroxylation sites is 1. The summed E-state index contributed by atoms with van der Waals surface area (Å²) in [6.07, 6.45) is 0.0118. The van der Waals surface area contributed by atoms with Crippen LogP contribution in [0.2, 0.25) is 0 Å². The zero-order valence-electron chi connectivity index (χ0n) is 15.2. The summed E-state index contributed by atoms with van der Waals surface area (Å²) >= 11 is 0. The van der Waals surface area contributed by atoms with Crippen LogP contribution in [0.1, 0.15) is 16.8 Å². The Morgan fingerprint density at radius 2 is 1.54 bits per heavy atom. The van der Waals surface area contributed by atoms with Crippen molar-refractivity contribution in [1.29, 1.82) is 0 Å². The van der Waals surface area contributed by atoms with Gasteiger partial charge >= 0.3 is 5.97 Å². The van der Waals surface area contributed by atoms with Gasteiger partial charge in [0, 0.05) is 18.7 Å². The van der Waals surface area contributed by atoms with Gasteiger partial charge in [-0.05, 0) is 29.0 Å². The number of benzene rings is 3. The maximum atomic E-state index is 12.7. The maximum absolute atomic E-state index is 12.7. The van der Waals surface area contributed by atoms with Gasteiger partial charge in [-0.25, -0.2) is 4.79 Å². The summed E-state index contributed by atoms with van der Waals surface area (Å²) in [5.41, 5.74) is 6.21. The second kappa shape index (κ2) is 8.81. The molecule has 28 heavy (non-hydrogen) atoms. The molecule has 3 rings (SSSR count). The fourth-order valence-corrected chi connectivity index (χ4v) is 2.91. The molecule has 6 heteroatoms. The monoisotopic (exact) mass is 376 g/mol. The fraction of sp³-hybridized carbons (Fsp3) is 0.136. The van der Waals surface area contributed by atoms with Crippen molar-refractivity contribution in [2.75, 3.05) is 18.1 Å². The standard InChI is InChI=1S/C22H20N2O4/c23-20(25)13-14-24(17-9-2-1-3-10-17)21(26)15-28-22(27)19-12-6-8-16-7-4-5-11-18(16)19/h1-12H,13-15H2,(H2,23,25). The zero-order valence-corrected chi connectivity index (χ0v) is 15.2. The first-order valence-electron chi connectivity index (χ1n) is 8.85. The van der Waals surface area contributed by atoms with Gasteiger partial charge in [-0.15, -0.1) is 0 Å². The van der Waals surface area contributed by atoms with Gasteiger partial charge in [0.25, 0.3) is 5.91 Å². The highest BCUT2D eigenvalue weighted by Crippen LogP contribution is 2.19. The molecule has 2 amide bonds. The molecular formula is C22H20N2O4. The van der Waals surface area contributed by atoms with Crippen LogP contribution in [0.15, 0.2) is 72.8 Å². The average molecular weight is 376 g/mol. The lowest BCUT2D eigenvalue weighted by Gasteiger charge is -2.22. The van der Waals surface area contributed by atoms with E-state index < -0.39 is 24.4 Å². The van der Waals surface area contributed by atoms with E-state index in [0.717, 1.165) is 10.8 Å². The number of fused-ring (bicyclic) bond motifs is 1. The molecule has 0 radical (unpaired) electrons. The SMILES string of the molecule is NC(=O)CCN(C(=O)COC(=O)c1cccc2ccccc12)c1ccccc1. The van der Waals surface area contributed by atoms with Gasteiger partial charge in [-0.2, -0.15) is 0 Å². The molecule has 142 valence electrons. The molecular weight excluding hydrogens is 356 g/mol. The lowest BCUT2D eigenvalue weighted by atomic mass is 10.1. The van der Waals surface area contributed by atoms with E-state index in [4.69, 9.17) is 10.5 Å². The Balaban J connectivity index is 1.73. The van der Waals surface area contributed by atoms with E-state index in [0.29, 0.717) is 11.3 Å². The van der Waals surface area contributed by atoms with Crippen molar-refractivity contribution in [2.24, 2.45) is 5.73 Å². The summed E-state index contributed by atoms with van der Waals surface area (Å²) in [7, 11) is 0. The van der Waals surface area contributed by atoms with Gasteiger partial charge in [0.15, 0.2) is 6.61 Å². The lowest BCUT2D eigenvalue weighted by molar-refractivity contribution is -0.121. The van der Waals surface area contributed by atoms with Crippen molar-refractivity contribution in [1.82, 2.24) is 0 Å². The first-order valence-corrected chi connectivity index (χ1v) is 8.85. The number of amides is 2. The smallest absolute Gasteiger partial charge is 0.339 e. The summed E-state index contributed by atoms with van der Waals surface area (Å²) in [6.45, 7) is -0.320. The molecule has 2 N–H and O–H groups in total. The number of nitrogens with zero attached hydrogens (tertiary/aromatic N) is 1. The van der Waals surface area contributed by atoms with Crippen LogP contribution in [-0.2, 0) is 14.3 Å². The van der Waals surface area contributed by atoms with Gasteiger partial charge in [0.2, 0.25) is 5.91 Å². The molecule has 0 aliphatic rings. The molecule has 6 nitrogen and oxygen atoms in total. The van der Waals surface area contributed by atoms with Crippen LogP contribution in [0.5, 0.6) is 0 Å². The number of anilines is 1. The average Bonchev–Trinajstić information content (AvgIpc) is 2.72. The Hall–Kier alpha value is -3.67. The number of carbonyl (C=O) groups is 3. The molecule has 0 saturated carbocycles. The molecule has 0 heterocycles. The molecule has 0 fully saturated rings. The zero-order chi connectivity index (χ0) is 19.9. The van der Waals surface area contributed by atoms with Gasteiger partial charge in [0.1, 0.15) is 0 Å². The fourth-order valence-electron chi connectivity index (χ4n) is 2.91. The Bertz CT molecular complexity index is 996. The van der Waals surface area contributed by atoms with Gasteiger partial charge in [0.05, 0.1) is 5.56 Å². The van der Waals surface area contributed by atoms with Crippen LogP contribution in [0, 0.1) is 0 Å². The van der Waals surface area contributed by atoms with E-state index in [1.165, 1.54) is 4.90 Å². The Morgan fingerprint density at radius 3 is 2.29 bits per heavy atom. The van der Waals surface area contributed by atoms with Gasteiger partial charge in [-0.3, -0.25) is 9.59 Å². The quantitative estimate of drug-likeness (QED) is 0.642. The van der Waals surface area contributed by atoms with E-state index in [1.807, 2.05) is 36.4 Å². The summed E-state index contributed by atoms with van der Waals surface area (Å²) in [5.74, 6) is -1.52. The van der Waals surface area contributed by atoms with Crippen molar-refractivity contribution in [3.8, 4) is 0 Å². The third-order valence-electron chi connectivity index (χ3n) is 4.29. The summed E-state index contributed by atoms with van der Waals surface area (Å²) in [4.78, 5) is 37.7. The van der Waals surface area contributed by atoms with E-state index in [2.05, 4.69) is 0 Å². The predicted octanol–water partition coefficient (Wildman–Crippen LogP) is 2.91. The minimum Gasteiger partial charge on any atom is -0.452 e. The number of hydrogen-bond donors (Lipinski definition) is 1. The number of hydrogen-bond acceptors (Lipinski definition) is 4. The number of ether oxygens (including phenoxy) is 1. The molecule has 0 unspecified atom stereocenters.